The van der Waals surface area contributed by atoms with Crippen molar-refractivity contribution in [3.05, 3.63) is 89.7 Å². The minimum Gasteiger partial charge on any atom is -0.508 e. The monoisotopic (exact) mass is 550 g/mol. The van der Waals surface area contributed by atoms with Crippen molar-refractivity contribution in [1.29, 1.82) is 5.26 Å². The Balaban J connectivity index is 0.987. The topological polar surface area (TPSA) is 102 Å². The van der Waals surface area contributed by atoms with E-state index in [9.17, 15) is 9.90 Å². The maximum atomic E-state index is 13.0. The Hall–Kier alpha value is -4.48. The molecule has 0 atom stereocenters. The van der Waals surface area contributed by atoms with Crippen LogP contribution in [0.5, 0.6) is 11.5 Å². The zero-order valence-electron chi connectivity index (χ0n) is 23.0. The lowest BCUT2D eigenvalue weighted by molar-refractivity contribution is 0.0883. The minimum absolute atomic E-state index is 0.110. The van der Waals surface area contributed by atoms with Crippen molar-refractivity contribution >= 4 is 22.6 Å². The molecule has 8 heteroatoms. The molecule has 8 nitrogen and oxygen atoms in total. The number of fused-ring (bicyclic) bond motifs is 1. The molecule has 4 aromatic rings. The van der Waals surface area contributed by atoms with Crippen LogP contribution in [-0.4, -0.2) is 54.2 Å². The molecule has 2 fully saturated rings. The predicted octanol–water partition coefficient (Wildman–Crippen LogP) is 5.45. The molecule has 41 heavy (non-hydrogen) atoms. The first-order valence-corrected chi connectivity index (χ1v) is 14.3. The third-order valence-corrected chi connectivity index (χ3v) is 8.09. The zero-order valence-corrected chi connectivity index (χ0v) is 23.0. The number of nitrogens with one attached hydrogen (secondary N) is 1. The Labute approximate surface area is 239 Å². The predicted molar refractivity (Wildman–Crippen MR) is 157 cm³/mol. The van der Waals surface area contributed by atoms with E-state index in [1.54, 1.807) is 18.2 Å². The number of anilines is 1. The molecule has 0 radical (unpaired) electrons. The zero-order chi connectivity index (χ0) is 28.2. The quantitative estimate of drug-likeness (QED) is 0.315. The molecule has 2 saturated heterocycles. The van der Waals surface area contributed by atoms with Crippen LogP contribution in [-0.2, 0) is 6.54 Å². The summed E-state index contributed by atoms with van der Waals surface area (Å²) >= 11 is 0. The number of phenols is 1. The van der Waals surface area contributed by atoms with Crippen LogP contribution in [0.2, 0.25) is 0 Å². The molecule has 0 unspecified atom stereocenters. The molecule has 2 aliphatic heterocycles. The fourth-order valence-corrected chi connectivity index (χ4v) is 5.72. The van der Waals surface area contributed by atoms with Gasteiger partial charge in [0.1, 0.15) is 23.2 Å². The van der Waals surface area contributed by atoms with Crippen LogP contribution in [0, 0.1) is 11.3 Å². The van der Waals surface area contributed by atoms with E-state index in [1.165, 1.54) is 5.56 Å². The average Bonchev–Trinajstić information content (AvgIpc) is 3.43. The van der Waals surface area contributed by atoms with Gasteiger partial charge in [0.2, 0.25) is 0 Å². The third kappa shape index (κ3) is 6.47. The number of piperidine rings is 2. The molecule has 1 amide bonds. The van der Waals surface area contributed by atoms with Gasteiger partial charge in [0.15, 0.2) is 5.76 Å². The first kappa shape index (κ1) is 26.7. The van der Waals surface area contributed by atoms with Crippen LogP contribution < -0.4 is 15.0 Å². The maximum absolute atomic E-state index is 13.0. The molecule has 0 saturated carbocycles. The molecule has 3 heterocycles. The van der Waals surface area contributed by atoms with E-state index >= 15 is 0 Å². The van der Waals surface area contributed by atoms with Crippen LogP contribution in [0.1, 0.15) is 47.4 Å². The summed E-state index contributed by atoms with van der Waals surface area (Å²) < 4.78 is 12.2. The van der Waals surface area contributed by atoms with Gasteiger partial charge < -0.3 is 24.5 Å². The molecule has 1 aromatic heterocycles. The van der Waals surface area contributed by atoms with Crippen LogP contribution in [0.3, 0.4) is 0 Å². The summed E-state index contributed by atoms with van der Waals surface area (Å²) in [5.41, 5.74) is 3.62. The van der Waals surface area contributed by atoms with Gasteiger partial charge in [-0.25, -0.2) is 0 Å². The van der Waals surface area contributed by atoms with E-state index < -0.39 is 0 Å². The van der Waals surface area contributed by atoms with Gasteiger partial charge in [0.25, 0.3) is 5.91 Å². The number of rotatable bonds is 7. The number of phenolic OH excluding ortho intramolecular Hbond substituents is 1. The Kier molecular flexibility index (Phi) is 7.79. The van der Waals surface area contributed by atoms with Crippen LogP contribution >= 0.6 is 0 Å². The number of carbonyl (C=O) groups excluding carboxylic acids is 1. The molecule has 6 rings (SSSR count). The van der Waals surface area contributed by atoms with E-state index in [0.29, 0.717) is 16.9 Å². The van der Waals surface area contributed by atoms with Gasteiger partial charge in [-0.2, -0.15) is 5.26 Å². The van der Waals surface area contributed by atoms with E-state index in [1.807, 2.05) is 54.6 Å². The minimum atomic E-state index is -0.184. The second kappa shape index (κ2) is 11.9. The number of nitriles is 1. The van der Waals surface area contributed by atoms with Gasteiger partial charge >= 0.3 is 0 Å². The number of ether oxygens (including phenoxy) is 1. The van der Waals surface area contributed by atoms with E-state index in [4.69, 9.17) is 14.4 Å². The number of hydrogen-bond donors (Lipinski definition) is 2. The molecule has 3 aromatic carbocycles. The standard InChI is InChI=1S/C33H34N4O4/c34-21-23-1-3-24(4-2-23)22-36-15-11-26(12-16-36)35-33(39)32-19-25-5-10-30(20-31(25)41-32)40-29-13-17-37(18-14-29)27-6-8-28(38)9-7-27/h1-10,19-20,26,29,38H,11-18,22H2,(H,35,39). The summed E-state index contributed by atoms with van der Waals surface area (Å²) in [7, 11) is 0. The van der Waals surface area contributed by atoms with Crippen molar-refractivity contribution in [2.24, 2.45) is 0 Å². The van der Waals surface area contributed by atoms with Gasteiger partial charge in [-0.05, 0) is 73.0 Å². The van der Waals surface area contributed by atoms with Gasteiger partial charge in [0.05, 0.1) is 11.6 Å². The highest BCUT2D eigenvalue weighted by atomic mass is 16.5. The molecule has 0 aliphatic carbocycles. The number of nitrogens with zero attached hydrogens (tertiary/aromatic N) is 3. The lowest BCUT2D eigenvalue weighted by atomic mass is 10.0. The van der Waals surface area contributed by atoms with Crippen molar-refractivity contribution in [3.8, 4) is 17.6 Å². The lowest BCUT2D eigenvalue weighted by Crippen LogP contribution is -2.44. The molecule has 2 aliphatic rings. The van der Waals surface area contributed by atoms with Crippen molar-refractivity contribution < 1.29 is 19.1 Å². The Morgan fingerprint density at radius 2 is 1.68 bits per heavy atom. The fourth-order valence-electron chi connectivity index (χ4n) is 5.72. The first-order chi connectivity index (χ1) is 20.0. The molecule has 0 bridgehead atoms. The number of hydrogen-bond acceptors (Lipinski definition) is 7. The highest BCUT2D eigenvalue weighted by Gasteiger charge is 2.24. The highest BCUT2D eigenvalue weighted by molar-refractivity contribution is 5.96. The second-order valence-corrected chi connectivity index (χ2v) is 11.0. The summed E-state index contributed by atoms with van der Waals surface area (Å²) in [6.45, 7) is 4.42. The summed E-state index contributed by atoms with van der Waals surface area (Å²) in [6.07, 6.45) is 3.67. The molecular weight excluding hydrogens is 516 g/mol. The van der Waals surface area contributed by atoms with Crippen molar-refractivity contribution in [1.82, 2.24) is 10.2 Å². The third-order valence-electron chi connectivity index (χ3n) is 8.09. The van der Waals surface area contributed by atoms with Gasteiger partial charge in [-0.3, -0.25) is 9.69 Å². The second-order valence-electron chi connectivity index (χ2n) is 11.0. The van der Waals surface area contributed by atoms with E-state index in [2.05, 4.69) is 21.2 Å². The smallest absolute Gasteiger partial charge is 0.287 e. The van der Waals surface area contributed by atoms with E-state index in [0.717, 1.165) is 75.2 Å². The van der Waals surface area contributed by atoms with Gasteiger partial charge in [0, 0.05) is 68.7 Å². The lowest BCUT2D eigenvalue weighted by Gasteiger charge is -2.33. The molecular formula is C33H34N4O4. The summed E-state index contributed by atoms with van der Waals surface area (Å²) in [6, 6.07) is 24.9. The number of amides is 1. The van der Waals surface area contributed by atoms with E-state index in [-0.39, 0.29) is 23.8 Å². The van der Waals surface area contributed by atoms with Gasteiger partial charge in [-0.15, -0.1) is 0 Å². The highest BCUT2D eigenvalue weighted by Crippen LogP contribution is 2.28. The number of likely N-dealkylation sites (tertiary alicyclic amines) is 1. The first-order valence-electron chi connectivity index (χ1n) is 14.3. The van der Waals surface area contributed by atoms with Gasteiger partial charge in [-0.1, -0.05) is 12.1 Å². The maximum Gasteiger partial charge on any atom is 0.287 e. The average molecular weight is 551 g/mol. The normalized spacial score (nSPS) is 16.9. The molecule has 2 N–H and O–H groups in total. The Morgan fingerprint density at radius 1 is 0.951 bits per heavy atom. The van der Waals surface area contributed by atoms with Crippen LogP contribution in [0.15, 0.2) is 77.2 Å². The fraction of sp³-hybridized carbons (Fsp3) is 0.333. The van der Waals surface area contributed by atoms with Crippen LogP contribution in [0.25, 0.3) is 11.0 Å². The summed E-state index contributed by atoms with van der Waals surface area (Å²) in [5, 5.41) is 22.5. The van der Waals surface area contributed by atoms with Crippen molar-refractivity contribution in [2.45, 2.75) is 44.4 Å². The summed E-state index contributed by atoms with van der Waals surface area (Å²) in [4.78, 5) is 17.7. The number of benzene rings is 3. The molecule has 0 spiro atoms. The number of aromatic hydroxyl groups is 1. The molecule has 210 valence electrons. The van der Waals surface area contributed by atoms with Crippen molar-refractivity contribution in [3.63, 3.8) is 0 Å². The van der Waals surface area contributed by atoms with Crippen LogP contribution in [0.4, 0.5) is 5.69 Å². The Bertz CT molecular complexity index is 1520. The van der Waals surface area contributed by atoms with Crippen molar-refractivity contribution in [2.75, 3.05) is 31.1 Å². The Morgan fingerprint density at radius 3 is 2.39 bits per heavy atom. The SMILES string of the molecule is N#Cc1ccc(CN2CCC(NC(=O)c3cc4ccc(OC5CCN(c6ccc(O)cc6)CC5)cc4o3)CC2)cc1. The number of furan rings is 1. The largest absolute Gasteiger partial charge is 0.508 e. The summed E-state index contributed by atoms with van der Waals surface area (Å²) in [5.74, 6) is 1.16. The number of carbonyl (C=O) groups is 1.